The minimum absolute atomic E-state index is 0.256. The first kappa shape index (κ1) is 13.3. The van der Waals surface area contributed by atoms with Crippen LogP contribution in [0.4, 0.5) is 0 Å². The van der Waals surface area contributed by atoms with Crippen molar-refractivity contribution >= 4 is 18.0 Å². The molecule has 1 aromatic heterocycles. The highest BCUT2D eigenvalue weighted by Gasteiger charge is 2.30. The molecule has 6 heteroatoms. The topological polar surface area (TPSA) is 75.4 Å². The summed E-state index contributed by atoms with van der Waals surface area (Å²) in [6.07, 6.45) is 6.95. The van der Waals surface area contributed by atoms with E-state index in [1.165, 1.54) is 11.0 Å². The summed E-state index contributed by atoms with van der Waals surface area (Å²) in [4.78, 5) is 24.6. The van der Waals surface area contributed by atoms with Crippen molar-refractivity contribution in [3.63, 3.8) is 0 Å². The number of piperidine rings is 1. The van der Waals surface area contributed by atoms with E-state index in [4.69, 9.17) is 5.11 Å². The Morgan fingerprint density at radius 2 is 2.26 bits per heavy atom. The fourth-order valence-corrected chi connectivity index (χ4v) is 2.25. The van der Waals surface area contributed by atoms with E-state index in [2.05, 4.69) is 5.10 Å². The Morgan fingerprint density at radius 1 is 1.47 bits per heavy atom. The monoisotopic (exact) mass is 263 g/mol. The number of carboxylic acids is 1. The van der Waals surface area contributed by atoms with Crippen LogP contribution in [0.1, 0.15) is 25.0 Å². The minimum Gasteiger partial charge on any atom is -0.480 e. The average molecular weight is 263 g/mol. The van der Waals surface area contributed by atoms with Gasteiger partial charge in [-0.2, -0.15) is 5.10 Å². The van der Waals surface area contributed by atoms with Gasteiger partial charge in [0.25, 0.3) is 0 Å². The Bertz CT molecular complexity index is 507. The third-order valence-corrected chi connectivity index (χ3v) is 3.33. The van der Waals surface area contributed by atoms with Gasteiger partial charge in [-0.3, -0.25) is 9.48 Å². The maximum Gasteiger partial charge on any atom is 0.326 e. The molecule has 1 amide bonds. The Labute approximate surface area is 111 Å². The van der Waals surface area contributed by atoms with Crippen LogP contribution < -0.4 is 0 Å². The van der Waals surface area contributed by atoms with Gasteiger partial charge in [-0.1, -0.05) is 0 Å². The minimum atomic E-state index is -0.929. The van der Waals surface area contributed by atoms with E-state index in [-0.39, 0.29) is 5.91 Å². The highest BCUT2D eigenvalue weighted by atomic mass is 16.4. The average Bonchev–Trinajstić information content (AvgIpc) is 2.81. The molecule has 0 unspecified atom stereocenters. The zero-order valence-corrected chi connectivity index (χ0v) is 10.8. The molecule has 19 heavy (non-hydrogen) atoms. The number of aromatic nitrogens is 2. The van der Waals surface area contributed by atoms with Gasteiger partial charge in [-0.05, 0) is 31.4 Å². The first-order chi connectivity index (χ1) is 9.09. The Kier molecular flexibility index (Phi) is 3.99. The van der Waals surface area contributed by atoms with Crippen molar-refractivity contribution in [2.45, 2.75) is 25.3 Å². The summed E-state index contributed by atoms with van der Waals surface area (Å²) in [5.74, 6) is -1.18. The molecule has 102 valence electrons. The van der Waals surface area contributed by atoms with Crippen molar-refractivity contribution in [1.29, 1.82) is 0 Å². The molecule has 0 bridgehead atoms. The van der Waals surface area contributed by atoms with Gasteiger partial charge in [-0.15, -0.1) is 0 Å². The maximum absolute atomic E-state index is 12.1. The molecule has 1 saturated heterocycles. The van der Waals surface area contributed by atoms with Crippen molar-refractivity contribution in [3.8, 4) is 0 Å². The quantitative estimate of drug-likeness (QED) is 0.822. The van der Waals surface area contributed by atoms with Crippen LogP contribution in [0.2, 0.25) is 0 Å². The Hall–Kier alpha value is -2.11. The van der Waals surface area contributed by atoms with Crippen molar-refractivity contribution in [1.82, 2.24) is 14.7 Å². The zero-order valence-electron chi connectivity index (χ0n) is 10.8. The van der Waals surface area contributed by atoms with Gasteiger partial charge in [0, 0.05) is 25.9 Å². The van der Waals surface area contributed by atoms with Gasteiger partial charge in [0.2, 0.25) is 5.91 Å². The lowest BCUT2D eigenvalue weighted by Gasteiger charge is -2.32. The third-order valence-electron chi connectivity index (χ3n) is 3.33. The molecular weight excluding hydrogens is 246 g/mol. The summed E-state index contributed by atoms with van der Waals surface area (Å²) in [7, 11) is 1.78. The summed E-state index contributed by atoms with van der Waals surface area (Å²) < 4.78 is 1.65. The lowest BCUT2D eigenvalue weighted by atomic mass is 10.0. The van der Waals surface area contributed by atoms with Crippen LogP contribution in [0, 0.1) is 0 Å². The van der Waals surface area contributed by atoms with E-state index < -0.39 is 12.0 Å². The van der Waals surface area contributed by atoms with Crippen LogP contribution >= 0.6 is 0 Å². The van der Waals surface area contributed by atoms with Gasteiger partial charge in [-0.25, -0.2) is 4.79 Å². The molecule has 1 aromatic rings. The fourth-order valence-electron chi connectivity index (χ4n) is 2.25. The number of hydrogen-bond donors (Lipinski definition) is 1. The van der Waals surface area contributed by atoms with Crippen LogP contribution in [-0.2, 0) is 16.6 Å². The number of carbonyl (C=O) groups is 2. The number of aliphatic carboxylic acids is 1. The summed E-state index contributed by atoms with van der Waals surface area (Å²) in [5.41, 5.74) is 0.803. The van der Waals surface area contributed by atoms with Crippen LogP contribution in [0.25, 0.3) is 6.08 Å². The van der Waals surface area contributed by atoms with Crippen molar-refractivity contribution in [2.24, 2.45) is 7.05 Å². The van der Waals surface area contributed by atoms with Gasteiger partial charge in [0.1, 0.15) is 6.04 Å². The third kappa shape index (κ3) is 3.01. The second-order valence-electron chi connectivity index (χ2n) is 4.59. The number of nitrogens with zero attached hydrogens (tertiary/aromatic N) is 3. The van der Waals surface area contributed by atoms with Gasteiger partial charge >= 0.3 is 5.97 Å². The number of amides is 1. The van der Waals surface area contributed by atoms with Crippen molar-refractivity contribution in [3.05, 3.63) is 24.0 Å². The molecular formula is C13H17N3O3. The summed E-state index contributed by atoms with van der Waals surface area (Å²) >= 11 is 0. The highest BCUT2D eigenvalue weighted by Crippen LogP contribution is 2.17. The Balaban J connectivity index is 2.08. The molecule has 1 atom stereocenters. The number of aryl methyl sites for hydroxylation is 1. The van der Waals surface area contributed by atoms with Crippen LogP contribution in [0.15, 0.2) is 18.3 Å². The SMILES string of the molecule is Cn1nccc1/C=C/C(=O)N1CCCC[C@H]1C(=O)O. The standard InChI is InChI=1S/C13H17N3O3/c1-15-10(7-8-14-15)5-6-12(17)16-9-3-2-4-11(16)13(18)19/h5-8,11H,2-4,9H2,1H3,(H,18,19)/b6-5+/t11-/m0/s1. The predicted octanol–water partition coefficient (Wildman–Crippen LogP) is 0.899. The highest BCUT2D eigenvalue weighted by molar-refractivity contribution is 5.94. The van der Waals surface area contributed by atoms with Gasteiger partial charge in [0.15, 0.2) is 0 Å². The second kappa shape index (κ2) is 5.69. The number of carboxylic acid groups (broad SMARTS) is 1. The van der Waals surface area contributed by atoms with E-state index in [1.54, 1.807) is 30.1 Å². The molecule has 1 N–H and O–H groups in total. The molecule has 0 aliphatic carbocycles. The van der Waals surface area contributed by atoms with Crippen LogP contribution in [0.3, 0.4) is 0 Å². The van der Waals surface area contributed by atoms with Gasteiger partial charge < -0.3 is 10.0 Å². The molecule has 0 radical (unpaired) electrons. The first-order valence-corrected chi connectivity index (χ1v) is 6.29. The maximum atomic E-state index is 12.1. The number of likely N-dealkylation sites (tertiary alicyclic amines) is 1. The molecule has 2 heterocycles. The smallest absolute Gasteiger partial charge is 0.326 e. The summed E-state index contributed by atoms with van der Waals surface area (Å²) in [6.45, 7) is 0.505. The largest absolute Gasteiger partial charge is 0.480 e. The summed E-state index contributed by atoms with van der Waals surface area (Å²) in [6, 6.07) is 1.09. The molecule has 2 rings (SSSR count). The molecule has 0 saturated carbocycles. The molecule has 0 spiro atoms. The first-order valence-electron chi connectivity index (χ1n) is 6.29. The van der Waals surface area contributed by atoms with Gasteiger partial charge in [0.05, 0.1) is 5.69 Å². The summed E-state index contributed by atoms with van der Waals surface area (Å²) in [5, 5.41) is 13.1. The predicted molar refractivity (Wildman–Crippen MR) is 69.2 cm³/mol. The zero-order chi connectivity index (χ0) is 13.8. The Morgan fingerprint density at radius 3 is 2.89 bits per heavy atom. The molecule has 6 nitrogen and oxygen atoms in total. The van der Waals surface area contributed by atoms with Crippen LogP contribution in [-0.4, -0.2) is 44.3 Å². The van der Waals surface area contributed by atoms with Crippen molar-refractivity contribution in [2.75, 3.05) is 6.54 Å². The fraction of sp³-hybridized carbons (Fsp3) is 0.462. The number of hydrogen-bond acceptors (Lipinski definition) is 3. The van der Waals surface area contributed by atoms with E-state index >= 15 is 0 Å². The van der Waals surface area contributed by atoms with Crippen LogP contribution in [0.5, 0.6) is 0 Å². The lowest BCUT2D eigenvalue weighted by Crippen LogP contribution is -2.47. The number of carbonyl (C=O) groups excluding carboxylic acids is 1. The molecule has 1 aliphatic heterocycles. The van der Waals surface area contributed by atoms with E-state index in [9.17, 15) is 9.59 Å². The van der Waals surface area contributed by atoms with E-state index in [0.717, 1.165) is 18.5 Å². The molecule has 1 aliphatic rings. The molecule has 0 aromatic carbocycles. The number of rotatable bonds is 3. The normalized spacial score (nSPS) is 19.8. The molecule has 1 fully saturated rings. The lowest BCUT2D eigenvalue weighted by molar-refractivity contribution is -0.150. The van der Waals surface area contributed by atoms with E-state index in [1.807, 2.05) is 0 Å². The second-order valence-corrected chi connectivity index (χ2v) is 4.59. The van der Waals surface area contributed by atoms with Crippen molar-refractivity contribution < 1.29 is 14.7 Å². The van der Waals surface area contributed by atoms with E-state index in [0.29, 0.717) is 13.0 Å².